The lowest BCUT2D eigenvalue weighted by molar-refractivity contribution is 0.196. The number of oxazole rings is 1. The van der Waals surface area contributed by atoms with E-state index in [0.717, 1.165) is 42.3 Å². The van der Waals surface area contributed by atoms with E-state index in [9.17, 15) is 4.79 Å². The Bertz CT molecular complexity index is 1010. The minimum Gasteiger partial charge on any atom is -0.444 e. The molecule has 3 aromatic heterocycles. The first-order chi connectivity index (χ1) is 13.8. The van der Waals surface area contributed by atoms with Gasteiger partial charge in [-0.15, -0.1) is 0 Å². The molecule has 1 atom stereocenters. The highest BCUT2D eigenvalue weighted by Gasteiger charge is 2.30. The van der Waals surface area contributed by atoms with Crippen molar-refractivity contribution in [2.45, 2.75) is 50.7 Å². The minimum atomic E-state index is -0.0724. The molecule has 5 rings (SSSR count). The van der Waals surface area contributed by atoms with Crippen LogP contribution in [0.25, 0.3) is 11.3 Å². The van der Waals surface area contributed by atoms with Crippen LogP contribution in [0.1, 0.15) is 43.3 Å². The van der Waals surface area contributed by atoms with Gasteiger partial charge in [-0.3, -0.25) is 14.7 Å². The van der Waals surface area contributed by atoms with Crippen LogP contribution < -0.4 is 5.56 Å². The van der Waals surface area contributed by atoms with E-state index in [4.69, 9.17) is 4.42 Å². The molecule has 1 unspecified atom stereocenters. The number of pyridine rings is 1. The zero-order valence-corrected chi connectivity index (χ0v) is 15.7. The molecule has 0 amide bonds. The SMILES string of the molecule is O=c1ccc(-c2ccncc2)nn1CC1CCCN1Cc1ncc(C2CC2)o1. The van der Waals surface area contributed by atoms with Gasteiger partial charge in [0.05, 0.1) is 25.0 Å². The number of rotatable bonds is 6. The Morgan fingerprint density at radius 3 is 2.79 bits per heavy atom. The molecule has 2 fully saturated rings. The largest absolute Gasteiger partial charge is 0.444 e. The van der Waals surface area contributed by atoms with Crippen molar-refractivity contribution in [3.8, 4) is 11.3 Å². The fraction of sp³-hybridized carbons (Fsp3) is 0.429. The van der Waals surface area contributed by atoms with Gasteiger partial charge in [-0.2, -0.15) is 5.10 Å². The van der Waals surface area contributed by atoms with Gasteiger partial charge < -0.3 is 4.42 Å². The zero-order valence-electron chi connectivity index (χ0n) is 15.7. The molecule has 28 heavy (non-hydrogen) atoms. The fourth-order valence-electron chi connectivity index (χ4n) is 3.89. The number of aromatic nitrogens is 4. The number of nitrogens with zero attached hydrogens (tertiary/aromatic N) is 5. The third-order valence-electron chi connectivity index (χ3n) is 5.61. The Morgan fingerprint density at radius 2 is 1.96 bits per heavy atom. The van der Waals surface area contributed by atoms with Crippen LogP contribution in [0.3, 0.4) is 0 Å². The summed E-state index contributed by atoms with van der Waals surface area (Å²) in [4.78, 5) is 23.2. The van der Waals surface area contributed by atoms with Gasteiger partial charge in [0.1, 0.15) is 5.76 Å². The van der Waals surface area contributed by atoms with Gasteiger partial charge in [0, 0.05) is 36.0 Å². The minimum absolute atomic E-state index is 0.0724. The van der Waals surface area contributed by atoms with Crippen molar-refractivity contribution in [2.75, 3.05) is 6.54 Å². The van der Waals surface area contributed by atoms with E-state index >= 15 is 0 Å². The Labute approximate surface area is 163 Å². The molecule has 2 aliphatic rings. The van der Waals surface area contributed by atoms with Gasteiger partial charge in [-0.25, -0.2) is 9.67 Å². The lowest BCUT2D eigenvalue weighted by Gasteiger charge is -2.23. The van der Waals surface area contributed by atoms with Crippen molar-refractivity contribution in [2.24, 2.45) is 0 Å². The van der Waals surface area contributed by atoms with Crippen molar-refractivity contribution < 1.29 is 4.42 Å². The van der Waals surface area contributed by atoms with E-state index in [1.165, 1.54) is 12.8 Å². The Morgan fingerprint density at radius 1 is 1.11 bits per heavy atom. The molecule has 4 heterocycles. The molecule has 0 bridgehead atoms. The Balaban J connectivity index is 1.32. The van der Waals surface area contributed by atoms with Crippen LogP contribution in [-0.2, 0) is 13.1 Å². The third-order valence-corrected chi connectivity index (χ3v) is 5.61. The van der Waals surface area contributed by atoms with Crippen LogP contribution in [0, 0.1) is 0 Å². The average molecular weight is 377 g/mol. The van der Waals surface area contributed by atoms with E-state index in [0.29, 0.717) is 19.0 Å². The van der Waals surface area contributed by atoms with Crippen LogP contribution in [0.5, 0.6) is 0 Å². The van der Waals surface area contributed by atoms with Crippen LogP contribution in [-0.4, -0.2) is 37.2 Å². The van der Waals surface area contributed by atoms with Gasteiger partial charge in [0.15, 0.2) is 0 Å². The molecule has 0 N–H and O–H groups in total. The first kappa shape index (κ1) is 17.3. The normalized spacial score (nSPS) is 19.9. The molecule has 7 heteroatoms. The van der Waals surface area contributed by atoms with Crippen molar-refractivity contribution in [1.29, 1.82) is 0 Å². The molecule has 1 aliphatic heterocycles. The van der Waals surface area contributed by atoms with Gasteiger partial charge in [-0.05, 0) is 50.4 Å². The Kier molecular flexibility index (Phi) is 4.52. The summed E-state index contributed by atoms with van der Waals surface area (Å²) in [6.45, 7) is 2.26. The second-order valence-corrected chi connectivity index (χ2v) is 7.67. The second-order valence-electron chi connectivity index (χ2n) is 7.67. The van der Waals surface area contributed by atoms with Crippen LogP contribution in [0.4, 0.5) is 0 Å². The summed E-state index contributed by atoms with van der Waals surface area (Å²) in [5, 5.41) is 4.59. The molecule has 0 radical (unpaired) electrons. The smallest absolute Gasteiger partial charge is 0.266 e. The predicted molar refractivity (Wildman–Crippen MR) is 104 cm³/mol. The maximum Gasteiger partial charge on any atom is 0.266 e. The molecule has 1 saturated carbocycles. The highest BCUT2D eigenvalue weighted by molar-refractivity contribution is 5.56. The summed E-state index contributed by atoms with van der Waals surface area (Å²) in [6, 6.07) is 7.43. The molecular weight excluding hydrogens is 354 g/mol. The molecule has 144 valence electrons. The van der Waals surface area contributed by atoms with Crippen molar-refractivity contribution in [1.82, 2.24) is 24.6 Å². The van der Waals surface area contributed by atoms with E-state index in [1.807, 2.05) is 18.3 Å². The lowest BCUT2D eigenvalue weighted by atomic mass is 10.2. The first-order valence-electron chi connectivity index (χ1n) is 9.93. The number of likely N-dealkylation sites (tertiary alicyclic amines) is 1. The zero-order chi connectivity index (χ0) is 18.9. The topological polar surface area (TPSA) is 77.1 Å². The van der Waals surface area contributed by atoms with Crippen LogP contribution in [0.15, 0.2) is 52.1 Å². The van der Waals surface area contributed by atoms with E-state index in [-0.39, 0.29) is 11.6 Å². The summed E-state index contributed by atoms with van der Waals surface area (Å²) in [6.07, 6.45) is 9.92. The maximum atomic E-state index is 12.4. The molecular formula is C21H23N5O2. The van der Waals surface area contributed by atoms with Gasteiger partial charge in [-0.1, -0.05) is 0 Å². The van der Waals surface area contributed by atoms with Crippen molar-refractivity contribution >= 4 is 0 Å². The molecule has 3 aromatic rings. The number of hydrogen-bond acceptors (Lipinski definition) is 6. The van der Waals surface area contributed by atoms with Gasteiger partial charge in [0.25, 0.3) is 5.56 Å². The summed E-state index contributed by atoms with van der Waals surface area (Å²) in [5.74, 6) is 2.38. The van der Waals surface area contributed by atoms with Crippen LogP contribution >= 0.6 is 0 Å². The predicted octanol–water partition coefficient (Wildman–Crippen LogP) is 2.84. The standard InChI is InChI=1S/C21H23N5O2/c27-21-6-5-18(15-7-9-22-10-8-15)24-26(21)13-17-2-1-11-25(17)14-20-23-12-19(28-20)16-3-4-16/h5-10,12,16-17H,1-4,11,13-14H2. The van der Waals surface area contributed by atoms with Crippen molar-refractivity contribution in [3.63, 3.8) is 0 Å². The molecule has 7 nitrogen and oxygen atoms in total. The van der Waals surface area contributed by atoms with E-state index < -0.39 is 0 Å². The third kappa shape index (κ3) is 3.62. The molecule has 0 spiro atoms. The molecule has 1 saturated heterocycles. The Hall–Kier alpha value is -2.80. The van der Waals surface area contributed by atoms with Crippen LogP contribution in [0.2, 0.25) is 0 Å². The lowest BCUT2D eigenvalue weighted by Crippen LogP contribution is -2.36. The van der Waals surface area contributed by atoms with Gasteiger partial charge >= 0.3 is 0 Å². The highest BCUT2D eigenvalue weighted by Crippen LogP contribution is 2.40. The highest BCUT2D eigenvalue weighted by atomic mass is 16.4. The fourth-order valence-corrected chi connectivity index (χ4v) is 3.89. The summed E-state index contributed by atoms with van der Waals surface area (Å²) in [5.41, 5.74) is 1.67. The van der Waals surface area contributed by atoms with Gasteiger partial charge in [0.2, 0.25) is 5.89 Å². The summed E-state index contributed by atoms with van der Waals surface area (Å²) >= 11 is 0. The van der Waals surface area contributed by atoms with E-state index in [2.05, 4.69) is 20.0 Å². The first-order valence-corrected chi connectivity index (χ1v) is 9.93. The monoisotopic (exact) mass is 377 g/mol. The molecule has 0 aromatic carbocycles. The van der Waals surface area contributed by atoms with E-state index in [1.54, 1.807) is 29.2 Å². The summed E-state index contributed by atoms with van der Waals surface area (Å²) < 4.78 is 7.51. The number of hydrogen-bond donors (Lipinski definition) is 0. The molecule has 1 aliphatic carbocycles. The maximum absolute atomic E-state index is 12.4. The average Bonchev–Trinajstić information content (AvgIpc) is 3.32. The van der Waals surface area contributed by atoms with Crippen molar-refractivity contribution in [3.05, 3.63) is 64.9 Å². The second kappa shape index (κ2) is 7.31. The quantitative estimate of drug-likeness (QED) is 0.657. The summed E-state index contributed by atoms with van der Waals surface area (Å²) in [7, 11) is 0.